The zero-order valence-electron chi connectivity index (χ0n) is 7.04. The van der Waals surface area contributed by atoms with Crippen LogP contribution in [0.2, 0.25) is 0 Å². The summed E-state index contributed by atoms with van der Waals surface area (Å²) in [4.78, 5) is 4.39. The van der Waals surface area contributed by atoms with E-state index in [2.05, 4.69) is 11.9 Å². The molecule has 11 heavy (non-hydrogen) atoms. The van der Waals surface area contributed by atoms with Gasteiger partial charge in [0.25, 0.3) is 0 Å². The van der Waals surface area contributed by atoms with Gasteiger partial charge in [-0.1, -0.05) is 25.1 Å². The first-order valence-electron chi connectivity index (χ1n) is 3.92. The maximum Gasteiger partial charge on any atom is 0.0628 e. The molecule has 0 heterocycles. The van der Waals surface area contributed by atoms with E-state index in [1.807, 2.05) is 37.3 Å². The van der Waals surface area contributed by atoms with Crippen molar-refractivity contribution in [1.82, 2.24) is 0 Å². The molecule has 0 aliphatic heterocycles. The van der Waals surface area contributed by atoms with Gasteiger partial charge in [-0.15, -0.1) is 0 Å². The summed E-state index contributed by atoms with van der Waals surface area (Å²) >= 11 is 0. The van der Waals surface area contributed by atoms with Crippen molar-refractivity contribution in [3.63, 3.8) is 0 Å². The van der Waals surface area contributed by atoms with E-state index < -0.39 is 0 Å². The largest absolute Gasteiger partial charge is 0.258 e. The van der Waals surface area contributed by atoms with Gasteiger partial charge >= 0.3 is 0 Å². The summed E-state index contributed by atoms with van der Waals surface area (Å²) < 4.78 is 0. The van der Waals surface area contributed by atoms with E-state index in [1.54, 1.807) is 0 Å². The van der Waals surface area contributed by atoms with Gasteiger partial charge in [-0.25, -0.2) is 0 Å². The van der Waals surface area contributed by atoms with Crippen molar-refractivity contribution in [3.8, 4) is 0 Å². The molecular weight excluding hydrogens is 134 g/mol. The number of rotatable bonds is 2. The molecule has 1 heteroatoms. The highest BCUT2D eigenvalue weighted by Gasteiger charge is 1.86. The van der Waals surface area contributed by atoms with Gasteiger partial charge in [-0.05, 0) is 25.5 Å². The first-order valence-corrected chi connectivity index (χ1v) is 3.92. The van der Waals surface area contributed by atoms with Gasteiger partial charge in [0.05, 0.1) is 5.69 Å². The molecule has 0 aliphatic rings. The van der Waals surface area contributed by atoms with Crippen molar-refractivity contribution >= 4 is 11.4 Å². The van der Waals surface area contributed by atoms with Crippen LogP contribution in [0.25, 0.3) is 0 Å². The Morgan fingerprint density at radius 2 is 1.91 bits per heavy atom. The van der Waals surface area contributed by atoms with Crippen LogP contribution in [0.4, 0.5) is 5.69 Å². The van der Waals surface area contributed by atoms with Gasteiger partial charge < -0.3 is 0 Å². The van der Waals surface area contributed by atoms with E-state index in [9.17, 15) is 0 Å². The van der Waals surface area contributed by atoms with Gasteiger partial charge in [0.2, 0.25) is 0 Å². The number of aliphatic imine (C=N–C) groups is 1. The Hall–Kier alpha value is -1.11. The van der Waals surface area contributed by atoms with Crippen LogP contribution in [0.15, 0.2) is 35.3 Å². The lowest BCUT2D eigenvalue weighted by Gasteiger charge is -1.94. The van der Waals surface area contributed by atoms with Crippen LogP contribution in [-0.4, -0.2) is 5.71 Å². The third-order valence-corrected chi connectivity index (χ3v) is 1.59. The summed E-state index contributed by atoms with van der Waals surface area (Å²) in [6.45, 7) is 4.16. The molecule has 0 spiro atoms. The van der Waals surface area contributed by atoms with E-state index in [4.69, 9.17) is 0 Å². The number of para-hydroxylation sites is 1. The minimum Gasteiger partial charge on any atom is -0.258 e. The van der Waals surface area contributed by atoms with Crippen LogP contribution in [0.3, 0.4) is 0 Å². The minimum absolute atomic E-state index is 1.02. The Labute approximate surface area is 67.8 Å². The van der Waals surface area contributed by atoms with Crippen LogP contribution in [0, 0.1) is 0 Å². The van der Waals surface area contributed by atoms with Gasteiger partial charge in [-0.3, -0.25) is 4.99 Å². The molecule has 1 aromatic rings. The second-order valence-corrected chi connectivity index (χ2v) is 2.54. The van der Waals surface area contributed by atoms with Crippen LogP contribution >= 0.6 is 0 Å². The first-order chi connectivity index (χ1) is 5.33. The standard InChI is InChI=1S/C10H13N/c1-3-9(2)11-10-7-5-4-6-8-10/h4-8H,3H2,1-2H3/b11-9+. The Bertz CT molecular complexity index is 236. The second-order valence-electron chi connectivity index (χ2n) is 2.54. The summed E-state index contributed by atoms with van der Waals surface area (Å²) in [6.07, 6.45) is 1.02. The number of benzene rings is 1. The van der Waals surface area contributed by atoms with Crippen molar-refractivity contribution in [1.29, 1.82) is 0 Å². The fourth-order valence-electron chi connectivity index (χ4n) is 0.802. The molecule has 0 saturated carbocycles. The predicted molar refractivity (Wildman–Crippen MR) is 49.5 cm³/mol. The van der Waals surface area contributed by atoms with Crippen LogP contribution in [0.5, 0.6) is 0 Å². The first kappa shape index (κ1) is 7.99. The van der Waals surface area contributed by atoms with Gasteiger partial charge in [0.15, 0.2) is 0 Å². The molecule has 0 unspecified atom stereocenters. The zero-order chi connectivity index (χ0) is 8.10. The molecule has 0 fully saturated rings. The highest BCUT2D eigenvalue weighted by Crippen LogP contribution is 2.10. The van der Waals surface area contributed by atoms with E-state index >= 15 is 0 Å². The third kappa shape index (κ3) is 2.54. The number of hydrogen-bond acceptors (Lipinski definition) is 1. The summed E-state index contributed by atoms with van der Waals surface area (Å²) in [5.74, 6) is 0. The Balaban J connectivity index is 2.79. The molecule has 0 aromatic heterocycles. The molecule has 0 aliphatic carbocycles. The van der Waals surface area contributed by atoms with Gasteiger partial charge in [-0.2, -0.15) is 0 Å². The monoisotopic (exact) mass is 147 g/mol. The maximum absolute atomic E-state index is 4.39. The van der Waals surface area contributed by atoms with E-state index in [0.29, 0.717) is 0 Å². The van der Waals surface area contributed by atoms with Crippen molar-refractivity contribution in [3.05, 3.63) is 30.3 Å². The molecule has 0 N–H and O–H groups in total. The van der Waals surface area contributed by atoms with Crippen LogP contribution < -0.4 is 0 Å². The van der Waals surface area contributed by atoms with Crippen LogP contribution in [0.1, 0.15) is 20.3 Å². The fraction of sp³-hybridized carbons (Fsp3) is 0.300. The molecule has 1 nitrogen and oxygen atoms in total. The van der Waals surface area contributed by atoms with Crippen molar-refractivity contribution < 1.29 is 0 Å². The number of hydrogen-bond donors (Lipinski definition) is 0. The lowest BCUT2D eigenvalue weighted by Crippen LogP contribution is -1.84. The minimum atomic E-state index is 1.02. The van der Waals surface area contributed by atoms with E-state index in [-0.39, 0.29) is 0 Å². The molecular formula is C10H13N. The predicted octanol–water partition coefficient (Wildman–Crippen LogP) is 3.19. The molecule has 0 radical (unpaired) electrons. The van der Waals surface area contributed by atoms with Crippen molar-refractivity contribution in [2.24, 2.45) is 4.99 Å². The quantitative estimate of drug-likeness (QED) is 0.570. The van der Waals surface area contributed by atoms with Crippen molar-refractivity contribution in [2.75, 3.05) is 0 Å². The fourth-order valence-corrected chi connectivity index (χ4v) is 0.802. The zero-order valence-corrected chi connectivity index (χ0v) is 7.04. The molecule has 1 aromatic carbocycles. The van der Waals surface area contributed by atoms with Gasteiger partial charge in [0.1, 0.15) is 0 Å². The van der Waals surface area contributed by atoms with E-state index in [0.717, 1.165) is 12.1 Å². The highest BCUT2D eigenvalue weighted by atomic mass is 14.7. The van der Waals surface area contributed by atoms with E-state index in [1.165, 1.54) is 5.71 Å². The molecule has 0 bridgehead atoms. The molecule has 58 valence electrons. The molecule has 0 amide bonds. The average Bonchev–Trinajstić information content (AvgIpc) is 2.06. The topological polar surface area (TPSA) is 12.4 Å². The summed E-state index contributed by atoms with van der Waals surface area (Å²) in [6, 6.07) is 10.0. The lowest BCUT2D eigenvalue weighted by atomic mass is 10.3. The van der Waals surface area contributed by atoms with Crippen molar-refractivity contribution in [2.45, 2.75) is 20.3 Å². The molecule has 0 atom stereocenters. The summed E-state index contributed by atoms with van der Waals surface area (Å²) in [5.41, 5.74) is 2.23. The van der Waals surface area contributed by atoms with Gasteiger partial charge in [0, 0.05) is 5.71 Å². The smallest absolute Gasteiger partial charge is 0.0628 e. The molecule has 1 rings (SSSR count). The molecule has 0 saturated heterocycles. The van der Waals surface area contributed by atoms with Crippen LogP contribution in [-0.2, 0) is 0 Å². The average molecular weight is 147 g/mol. The SMILES string of the molecule is CC/C(C)=N/c1ccccc1. The normalized spacial score (nSPS) is 11.6. The maximum atomic E-state index is 4.39. The lowest BCUT2D eigenvalue weighted by molar-refractivity contribution is 1.25. The Kier molecular flexibility index (Phi) is 2.84. The summed E-state index contributed by atoms with van der Waals surface area (Å²) in [7, 11) is 0. The highest BCUT2D eigenvalue weighted by molar-refractivity contribution is 5.84. The Morgan fingerprint density at radius 3 is 2.45 bits per heavy atom. The number of nitrogens with zero attached hydrogens (tertiary/aromatic N) is 1. The Morgan fingerprint density at radius 1 is 1.27 bits per heavy atom. The third-order valence-electron chi connectivity index (χ3n) is 1.59. The summed E-state index contributed by atoms with van der Waals surface area (Å²) in [5, 5.41) is 0. The second kappa shape index (κ2) is 3.91.